The van der Waals surface area contributed by atoms with Crippen molar-refractivity contribution in [2.45, 2.75) is 33.2 Å². The van der Waals surface area contributed by atoms with Crippen LogP contribution in [0.2, 0.25) is 0 Å². The Labute approximate surface area is 120 Å². The molecule has 0 saturated carbocycles. The van der Waals surface area contributed by atoms with E-state index in [9.17, 15) is 4.79 Å². The molecule has 0 saturated heterocycles. The first-order valence-corrected chi connectivity index (χ1v) is 6.85. The second-order valence-electron chi connectivity index (χ2n) is 6.15. The number of hydrogen-bond acceptors (Lipinski definition) is 1. The van der Waals surface area contributed by atoms with E-state index in [0.29, 0.717) is 5.56 Å². The number of carbonyl (C=O) groups excluding carboxylic acids is 1. The highest BCUT2D eigenvalue weighted by molar-refractivity contribution is 5.95. The molecule has 0 bridgehead atoms. The summed E-state index contributed by atoms with van der Waals surface area (Å²) in [6.45, 7) is 8.01. The SMILES string of the molecule is Cc1cccc(-c2ccc(C(=O)NC(C)(C)C)cc2)c1. The van der Waals surface area contributed by atoms with Crippen molar-refractivity contribution in [1.29, 1.82) is 0 Å². The van der Waals surface area contributed by atoms with Crippen LogP contribution in [0.4, 0.5) is 0 Å². The van der Waals surface area contributed by atoms with Crippen molar-refractivity contribution < 1.29 is 4.79 Å². The first-order valence-electron chi connectivity index (χ1n) is 6.85. The van der Waals surface area contributed by atoms with Crippen LogP contribution in [0.1, 0.15) is 36.7 Å². The Bertz CT molecular complexity index is 606. The summed E-state index contributed by atoms with van der Waals surface area (Å²) in [6.07, 6.45) is 0. The minimum Gasteiger partial charge on any atom is -0.347 e. The molecule has 0 unspecified atom stereocenters. The van der Waals surface area contributed by atoms with Crippen molar-refractivity contribution in [3.8, 4) is 11.1 Å². The van der Waals surface area contributed by atoms with Crippen molar-refractivity contribution >= 4 is 5.91 Å². The molecule has 0 fully saturated rings. The summed E-state index contributed by atoms with van der Waals surface area (Å²) in [5.74, 6) is -0.0340. The molecule has 0 aromatic heterocycles. The highest BCUT2D eigenvalue weighted by Gasteiger charge is 2.15. The number of benzene rings is 2. The fraction of sp³-hybridized carbons (Fsp3) is 0.278. The average Bonchev–Trinajstić information content (AvgIpc) is 2.37. The summed E-state index contributed by atoms with van der Waals surface area (Å²) < 4.78 is 0. The van der Waals surface area contributed by atoms with E-state index in [2.05, 4.69) is 30.4 Å². The minimum absolute atomic E-state index is 0.0340. The van der Waals surface area contributed by atoms with Gasteiger partial charge in [-0.25, -0.2) is 0 Å². The van der Waals surface area contributed by atoms with E-state index in [0.717, 1.165) is 5.56 Å². The number of amides is 1. The number of nitrogens with one attached hydrogen (secondary N) is 1. The van der Waals surface area contributed by atoms with Crippen LogP contribution in [-0.2, 0) is 0 Å². The van der Waals surface area contributed by atoms with Gasteiger partial charge in [0.2, 0.25) is 0 Å². The monoisotopic (exact) mass is 267 g/mol. The van der Waals surface area contributed by atoms with Crippen LogP contribution < -0.4 is 5.32 Å². The van der Waals surface area contributed by atoms with E-state index in [-0.39, 0.29) is 11.4 Å². The molecule has 2 aromatic rings. The largest absolute Gasteiger partial charge is 0.347 e. The van der Waals surface area contributed by atoms with Crippen LogP contribution in [0.5, 0.6) is 0 Å². The molecule has 0 atom stereocenters. The topological polar surface area (TPSA) is 29.1 Å². The fourth-order valence-electron chi connectivity index (χ4n) is 2.05. The second-order valence-corrected chi connectivity index (χ2v) is 6.15. The van der Waals surface area contributed by atoms with Crippen LogP contribution in [-0.4, -0.2) is 11.4 Å². The normalized spacial score (nSPS) is 11.2. The van der Waals surface area contributed by atoms with Gasteiger partial charge in [0.1, 0.15) is 0 Å². The molecule has 0 aliphatic carbocycles. The molecular formula is C18H21NO. The van der Waals surface area contributed by atoms with Gasteiger partial charge in [-0.2, -0.15) is 0 Å². The van der Waals surface area contributed by atoms with Gasteiger partial charge in [-0.1, -0.05) is 42.0 Å². The minimum atomic E-state index is -0.216. The molecule has 2 nitrogen and oxygen atoms in total. The van der Waals surface area contributed by atoms with Gasteiger partial charge in [0.05, 0.1) is 0 Å². The second kappa shape index (κ2) is 5.49. The van der Waals surface area contributed by atoms with Crippen molar-refractivity contribution in [2.24, 2.45) is 0 Å². The Balaban J connectivity index is 2.20. The maximum absolute atomic E-state index is 12.1. The molecule has 0 heterocycles. The number of rotatable bonds is 2. The quantitative estimate of drug-likeness (QED) is 0.868. The van der Waals surface area contributed by atoms with Gasteiger partial charge in [0.25, 0.3) is 5.91 Å². The molecule has 0 spiro atoms. The zero-order valence-corrected chi connectivity index (χ0v) is 12.5. The predicted molar refractivity (Wildman–Crippen MR) is 83.8 cm³/mol. The summed E-state index contributed by atoms with van der Waals surface area (Å²) in [6, 6.07) is 16.1. The van der Waals surface area contributed by atoms with Crippen molar-refractivity contribution in [3.05, 3.63) is 59.7 Å². The Morgan fingerprint density at radius 1 is 0.950 bits per heavy atom. The fourth-order valence-corrected chi connectivity index (χ4v) is 2.05. The number of aryl methyl sites for hydroxylation is 1. The average molecular weight is 267 g/mol. The number of carbonyl (C=O) groups is 1. The van der Waals surface area contributed by atoms with Gasteiger partial charge in [-0.05, 0) is 51.0 Å². The summed E-state index contributed by atoms with van der Waals surface area (Å²) in [5, 5.41) is 2.96. The third-order valence-electron chi connectivity index (χ3n) is 2.99. The summed E-state index contributed by atoms with van der Waals surface area (Å²) in [5.41, 5.74) is 4.01. The van der Waals surface area contributed by atoms with E-state index in [1.54, 1.807) is 0 Å². The number of hydrogen-bond donors (Lipinski definition) is 1. The molecular weight excluding hydrogens is 246 g/mol. The van der Waals surface area contributed by atoms with Crippen molar-refractivity contribution in [3.63, 3.8) is 0 Å². The predicted octanol–water partition coefficient (Wildman–Crippen LogP) is 4.19. The summed E-state index contributed by atoms with van der Waals surface area (Å²) in [4.78, 5) is 12.1. The lowest BCUT2D eigenvalue weighted by Crippen LogP contribution is -2.40. The standard InChI is InChI=1S/C18H21NO/c1-13-6-5-7-16(12-13)14-8-10-15(11-9-14)17(20)19-18(2,3)4/h5-12H,1-4H3,(H,19,20). The molecule has 0 radical (unpaired) electrons. The maximum Gasteiger partial charge on any atom is 0.251 e. The zero-order valence-electron chi connectivity index (χ0n) is 12.5. The zero-order chi connectivity index (χ0) is 14.8. The Morgan fingerprint density at radius 2 is 1.60 bits per heavy atom. The van der Waals surface area contributed by atoms with Gasteiger partial charge in [-0.15, -0.1) is 0 Å². The van der Waals surface area contributed by atoms with Crippen LogP contribution in [0, 0.1) is 6.92 Å². The first-order chi connectivity index (χ1) is 9.35. The van der Waals surface area contributed by atoms with Gasteiger partial charge in [0, 0.05) is 11.1 Å². The lowest BCUT2D eigenvalue weighted by molar-refractivity contribution is 0.0919. The molecule has 20 heavy (non-hydrogen) atoms. The van der Waals surface area contributed by atoms with Crippen LogP contribution in [0.3, 0.4) is 0 Å². The maximum atomic E-state index is 12.1. The van der Waals surface area contributed by atoms with Crippen molar-refractivity contribution in [1.82, 2.24) is 5.32 Å². The highest BCUT2D eigenvalue weighted by Crippen LogP contribution is 2.21. The van der Waals surface area contributed by atoms with Crippen LogP contribution in [0.25, 0.3) is 11.1 Å². The lowest BCUT2D eigenvalue weighted by Gasteiger charge is -2.20. The van der Waals surface area contributed by atoms with Crippen LogP contribution in [0.15, 0.2) is 48.5 Å². The van der Waals surface area contributed by atoms with Gasteiger partial charge < -0.3 is 5.32 Å². The third-order valence-corrected chi connectivity index (χ3v) is 2.99. The summed E-state index contributed by atoms with van der Waals surface area (Å²) in [7, 11) is 0. The Morgan fingerprint density at radius 3 is 2.15 bits per heavy atom. The Kier molecular flexibility index (Phi) is 3.93. The third kappa shape index (κ3) is 3.70. The van der Waals surface area contributed by atoms with Gasteiger partial charge >= 0.3 is 0 Å². The smallest absolute Gasteiger partial charge is 0.251 e. The van der Waals surface area contributed by atoms with E-state index in [4.69, 9.17) is 0 Å². The molecule has 1 amide bonds. The molecule has 2 heteroatoms. The van der Waals surface area contributed by atoms with Gasteiger partial charge in [0.15, 0.2) is 0 Å². The Hall–Kier alpha value is -2.09. The molecule has 1 N–H and O–H groups in total. The van der Waals surface area contributed by atoms with Crippen LogP contribution >= 0.6 is 0 Å². The van der Waals surface area contributed by atoms with Crippen molar-refractivity contribution in [2.75, 3.05) is 0 Å². The van der Waals surface area contributed by atoms with E-state index < -0.39 is 0 Å². The highest BCUT2D eigenvalue weighted by atomic mass is 16.1. The molecule has 2 aromatic carbocycles. The summed E-state index contributed by atoms with van der Waals surface area (Å²) >= 11 is 0. The molecule has 0 aliphatic heterocycles. The van der Waals surface area contributed by atoms with E-state index >= 15 is 0 Å². The van der Waals surface area contributed by atoms with E-state index in [1.165, 1.54) is 11.1 Å². The molecule has 0 aliphatic rings. The molecule has 2 rings (SSSR count). The first kappa shape index (κ1) is 14.3. The lowest BCUT2D eigenvalue weighted by atomic mass is 10.0. The van der Waals surface area contributed by atoms with Gasteiger partial charge in [-0.3, -0.25) is 4.79 Å². The molecule has 104 valence electrons. The van der Waals surface area contributed by atoms with E-state index in [1.807, 2.05) is 51.1 Å².